The van der Waals surface area contributed by atoms with Crippen LogP contribution in [0.1, 0.15) is 27.3 Å². The molecular weight excluding hydrogens is 499 g/mol. The molecule has 1 amide bonds. The van der Waals surface area contributed by atoms with Gasteiger partial charge in [0.05, 0.1) is 11.2 Å². The van der Waals surface area contributed by atoms with Gasteiger partial charge >= 0.3 is 0 Å². The lowest BCUT2D eigenvalue weighted by Crippen LogP contribution is -2.46. The van der Waals surface area contributed by atoms with Crippen LogP contribution < -0.4 is 20.9 Å². The Hall–Kier alpha value is -1.88. The van der Waals surface area contributed by atoms with Gasteiger partial charge in [0.2, 0.25) is 0 Å². The first kappa shape index (κ1) is 23.4. The van der Waals surface area contributed by atoms with Gasteiger partial charge in [-0.2, -0.15) is 0 Å². The maximum absolute atomic E-state index is 12.1. The van der Waals surface area contributed by atoms with Crippen LogP contribution in [-0.2, 0) is 0 Å². The van der Waals surface area contributed by atoms with E-state index in [0.717, 1.165) is 31.2 Å². The zero-order valence-electron chi connectivity index (χ0n) is 17.1. The number of benzene rings is 1. The number of thiazole rings is 1. The van der Waals surface area contributed by atoms with Gasteiger partial charge in [0.1, 0.15) is 4.88 Å². The molecular formula is C20H29IN6OS. The number of hydrogen-bond donors (Lipinski definition) is 3. The van der Waals surface area contributed by atoms with Crippen LogP contribution in [0.15, 0.2) is 34.8 Å². The molecule has 158 valence electrons. The van der Waals surface area contributed by atoms with Gasteiger partial charge < -0.3 is 20.9 Å². The highest BCUT2D eigenvalue weighted by Gasteiger charge is 2.23. The van der Waals surface area contributed by atoms with Crippen LogP contribution in [0.25, 0.3) is 0 Å². The van der Waals surface area contributed by atoms with E-state index in [4.69, 9.17) is 0 Å². The lowest BCUT2D eigenvalue weighted by atomic mass is 10.2. The molecule has 1 unspecified atom stereocenters. The number of amides is 1. The molecule has 1 aromatic heterocycles. The lowest BCUT2D eigenvalue weighted by Gasteiger charge is -2.20. The normalized spacial score (nSPS) is 16.3. The Kier molecular flexibility index (Phi) is 9.15. The van der Waals surface area contributed by atoms with E-state index in [1.54, 1.807) is 12.6 Å². The van der Waals surface area contributed by atoms with Crippen LogP contribution in [-0.4, -0.2) is 56.1 Å². The van der Waals surface area contributed by atoms with E-state index in [-0.39, 0.29) is 29.9 Å². The highest BCUT2D eigenvalue weighted by molar-refractivity contribution is 14.0. The van der Waals surface area contributed by atoms with Crippen molar-refractivity contribution >= 4 is 52.9 Å². The van der Waals surface area contributed by atoms with Crippen LogP contribution in [0.4, 0.5) is 5.69 Å². The fourth-order valence-electron chi connectivity index (χ4n) is 3.21. The Morgan fingerprint density at radius 2 is 1.97 bits per heavy atom. The third kappa shape index (κ3) is 6.56. The second kappa shape index (κ2) is 11.3. The van der Waals surface area contributed by atoms with Crippen molar-refractivity contribution in [3.8, 4) is 0 Å². The lowest BCUT2D eigenvalue weighted by molar-refractivity contribution is 0.0957. The summed E-state index contributed by atoms with van der Waals surface area (Å²) in [6.45, 7) is 7.06. The quantitative estimate of drug-likeness (QED) is 0.233. The Bertz CT molecular complexity index is 823. The van der Waals surface area contributed by atoms with E-state index in [1.165, 1.54) is 22.6 Å². The fraction of sp³-hybridized carbons (Fsp3) is 0.450. The third-order valence-electron chi connectivity index (χ3n) is 4.81. The number of aryl methyl sites for hydroxylation is 2. The summed E-state index contributed by atoms with van der Waals surface area (Å²) < 4.78 is 0. The average Bonchev–Trinajstić information content (AvgIpc) is 3.33. The summed E-state index contributed by atoms with van der Waals surface area (Å²) in [5, 5.41) is 9.66. The topological polar surface area (TPSA) is 81.6 Å². The van der Waals surface area contributed by atoms with Gasteiger partial charge in [0.15, 0.2) is 5.96 Å². The van der Waals surface area contributed by atoms with Crippen LogP contribution >= 0.6 is 35.3 Å². The van der Waals surface area contributed by atoms with Gasteiger partial charge in [-0.3, -0.25) is 9.79 Å². The Balaban J connectivity index is 0.00000300. The van der Waals surface area contributed by atoms with Crippen molar-refractivity contribution in [3.05, 3.63) is 45.9 Å². The van der Waals surface area contributed by atoms with Crippen LogP contribution in [0.3, 0.4) is 0 Å². The molecule has 0 radical (unpaired) electrons. The van der Waals surface area contributed by atoms with Crippen molar-refractivity contribution in [3.63, 3.8) is 0 Å². The summed E-state index contributed by atoms with van der Waals surface area (Å²) in [5.74, 6) is 0.688. The Morgan fingerprint density at radius 3 is 2.62 bits per heavy atom. The monoisotopic (exact) mass is 528 g/mol. The minimum absolute atomic E-state index is 0. The SMILES string of the molecule is CN=C(NCCNC(=O)c1scnc1C)NC1CCN(c2ccc(C)cc2)C1.I. The van der Waals surface area contributed by atoms with Crippen molar-refractivity contribution in [2.45, 2.75) is 26.3 Å². The summed E-state index contributed by atoms with van der Waals surface area (Å²) in [6.07, 6.45) is 1.07. The molecule has 3 N–H and O–H groups in total. The number of carbonyl (C=O) groups is 1. The van der Waals surface area contributed by atoms with E-state index >= 15 is 0 Å². The number of aliphatic imine (C=N–C) groups is 1. The number of guanidine groups is 1. The molecule has 0 saturated carbocycles. The predicted octanol–water partition coefficient (Wildman–Crippen LogP) is 2.55. The highest BCUT2D eigenvalue weighted by Crippen LogP contribution is 2.20. The molecule has 1 aliphatic heterocycles. The Morgan fingerprint density at radius 1 is 1.24 bits per heavy atom. The standard InChI is InChI=1S/C20H28N6OS.HI/c1-14-4-6-17(7-5-14)26-11-8-16(12-26)25-20(21-3)23-10-9-22-19(27)18-15(2)24-13-28-18;/h4-7,13,16H,8-12H2,1-3H3,(H,22,27)(H2,21,23,25);1H. The van der Waals surface area contributed by atoms with Crippen LogP contribution in [0.2, 0.25) is 0 Å². The molecule has 9 heteroatoms. The van der Waals surface area contributed by atoms with Gasteiger partial charge in [-0.1, -0.05) is 17.7 Å². The van der Waals surface area contributed by atoms with Crippen molar-refractivity contribution < 1.29 is 4.79 Å². The zero-order valence-corrected chi connectivity index (χ0v) is 20.2. The van der Waals surface area contributed by atoms with Gasteiger partial charge in [-0.25, -0.2) is 4.98 Å². The van der Waals surface area contributed by atoms with Gasteiger partial charge in [-0.15, -0.1) is 35.3 Å². The number of aromatic nitrogens is 1. The Labute approximate surface area is 193 Å². The third-order valence-corrected chi connectivity index (χ3v) is 5.73. The molecule has 0 spiro atoms. The van der Waals surface area contributed by atoms with Crippen LogP contribution in [0, 0.1) is 13.8 Å². The summed E-state index contributed by atoms with van der Waals surface area (Å²) in [4.78, 5) is 23.6. The number of halogens is 1. The number of nitrogens with zero attached hydrogens (tertiary/aromatic N) is 3. The summed E-state index contributed by atoms with van der Waals surface area (Å²) in [7, 11) is 1.77. The number of hydrogen-bond acceptors (Lipinski definition) is 5. The summed E-state index contributed by atoms with van der Waals surface area (Å²) in [5.41, 5.74) is 5.00. The molecule has 1 aliphatic rings. The molecule has 2 heterocycles. The highest BCUT2D eigenvalue weighted by atomic mass is 127. The minimum atomic E-state index is -0.0747. The molecule has 7 nitrogen and oxygen atoms in total. The largest absolute Gasteiger partial charge is 0.369 e. The van der Waals surface area contributed by atoms with E-state index in [9.17, 15) is 4.79 Å². The van der Waals surface area contributed by atoms with Crippen LogP contribution in [0.5, 0.6) is 0 Å². The van der Waals surface area contributed by atoms with Gasteiger partial charge in [0, 0.05) is 45.0 Å². The molecule has 2 aromatic rings. The zero-order chi connectivity index (χ0) is 19.9. The first-order chi connectivity index (χ1) is 13.6. The van der Waals surface area contributed by atoms with Crippen molar-refractivity contribution in [2.75, 3.05) is 38.1 Å². The summed E-state index contributed by atoms with van der Waals surface area (Å²) in [6, 6.07) is 9.01. The molecule has 0 bridgehead atoms. The minimum Gasteiger partial charge on any atom is -0.369 e. The summed E-state index contributed by atoms with van der Waals surface area (Å²) >= 11 is 1.36. The van der Waals surface area contributed by atoms with Crippen molar-refractivity contribution in [2.24, 2.45) is 4.99 Å². The molecule has 1 fully saturated rings. The molecule has 1 saturated heterocycles. The fourth-order valence-corrected chi connectivity index (χ4v) is 3.93. The predicted molar refractivity (Wildman–Crippen MR) is 131 cm³/mol. The second-order valence-electron chi connectivity index (χ2n) is 6.93. The smallest absolute Gasteiger partial charge is 0.263 e. The number of carbonyl (C=O) groups excluding carboxylic acids is 1. The first-order valence-electron chi connectivity index (χ1n) is 9.54. The molecule has 29 heavy (non-hydrogen) atoms. The van der Waals surface area contributed by atoms with E-state index in [0.29, 0.717) is 24.0 Å². The molecule has 0 aliphatic carbocycles. The molecule has 3 rings (SSSR count). The van der Waals surface area contributed by atoms with E-state index in [1.807, 2.05) is 6.92 Å². The maximum atomic E-state index is 12.1. The average molecular weight is 528 g/mol. The maximum Gasteiger partial charge on any atom is 0.263 e. The molecule has 1 aromatic carbocycles. The number of rotatable bonds is 6. The molecule has 1 atom stereocenters. The first-order valence-corrected chi connectivity index (χ1v) is 10.4. The van der Waals surface area contributed by atoms with E-state index < -0.39 is 0 Å². The van der Waals surface area contributed by atoms with Gasteiger partial charge in [-0.05, 0) is 32.4 Å². The van der Waals surface area contributed by atoms with E-state index in [2.05, 4.69) is 62.0 Å². The number of nitrogens with one attached hydrogen (secondary N) is 3. The van der Waals surface area contributed by atoms with Crippen molar-refractivity contribution in [1.82, 2.24) is 20.9 Å². The second-order valence-corrected chi connectivity index (χ2v) is 7.79. The number of anilines is 1. The van der Waals surface area contributed by atoms with Gasteiger partial charge in [0.25, 0.3) is 5.91 Å². The van der Waals surface area contributed by atoms with Crippen molar-refractivity contribution in [1.29, 1.82) is 0 Å².